The molecule has 0 spiro atoms. The van der Waals surface area contributed by atoms with Crippen molar-refractivity contribution in [2.24, 2.45) is 29.6 Å². The molecule has 0 saturated heterocycles. The third-order valence-electron chi connectivity index (χ3n) is 5.99. The van der Waals surface area contributed by atoms with Crippen LogP contribution in [-0.4, -0.2) is 0 Å². The van der Waals surface area contributed by atoms with Crippen LogP contribution in [0.15, 0.2) is 0 Å². The fraction of sp³-hybridized carbons (Fsp3) is 1.00. The second-order valence-corrected chi connectivity index (χ2v) is 10.2. The molecule has 0 bridgehead atoms. The van der Waals surface area contributed by atoms with Crippen LogP contribution in [0.1, 0.15) is 132 Å². The molecule has 25 heavy (non-hydrogen) atoms. The van der Waals surface area contributed by atoms with E-state index in [1.807, 2.05) is 0 Å². The minimum Gasteiger partial charge on any atom is -0.0628 e. The van der Waals surface area contributed by atoms with Crippen LogP contribution in [-0.2, 0) is 0 Å². The van der Waals surface area contributed by atoms with Crippen molar-refractivity contribution in [3.8, 4) is 0 Å². The van der Waals surface area contributed by atoms with E-state index in [4.69, 9.17) is 0 Å². The minimum atomic E-state index is 0.880. The molecule has 0 nitrogen and oxygen atoms in total. The Balaban J connectivity index is 3.47. The van der Waals surface area contributed by atoms with E-state index in [0.29, 0.717) is 0 Å². The summed E-state index contributed by atoms with van der Waals surface area (Å²) in [6.07, 6.45) is 18.8. The highest BCUT2D eigenvalue weighted by molar-refractivity contribution is 4.61. The number of hydrogen-bond acceptors (Lipinski definition) is 0. The molecule has 152 valence electrons. The van der Waals surface area contributed by atoms with E-state index >= 15 is 0 Å². The number of rotatable bonds is 17. The van der Waals surface area contributed by atoms with Gasteiger partial charge in [-0.1, -0.05) is 132 Å². The van der Waals surface area contributed by atoms with Gasteiger partial charge >= 0.3 is 0 Å². The zero-order chi connectivity index (χ0) is 19.1. The van der Waals surface area contributed by atoms with Gasteiger partial charge in [0.05, 0.1) is 0 Å². The van der Waals surface area contributed by atoms with E-state index in [-0.39, 0.29) is 0 Å². The van der Waals surface area contributed by atoms with Crippen LogP contribution in [0, 0.1) is 29.6 Å². The van der Waals surface area contributed by atoms with Crippen LogP contribution in [0.5, 0.6) is 0 Å². The van der Waals surface area contributed by atoms with E-state index in [1.165, 1.54) is 83.5 Å². The van der Waals surface area contributed by atoms with Gasteiger partial charge in [0.15, 0.2) is 0 Å². The summed E-state index contributed by atoms with van der Waals surface area (Å²) >= 11 is 0. The Morgan fingerprint density at radius 2 is 0.560 bits per heavy atom. The van der Waals surface area contributed by atoms with Crippen molar-refractivity contribution in [2.45, 2.75) is 132 Å². The summed E-state index contributed by atoms with van der Waals surface area (Å²) in [4.78, 5) is 0. The standard InChI is InChI=1S/C25H52/c1-21(2)13-10-17-23(5)15-8-9-16-24(6)19-12-20-25(7)18-11-14-22(3)4/h21-25H,8-20H2,1-7H3/t23-,24-,25+/m0/s1. The topological polar surface area (TPSA) is 0 Å². The van der Waals surface area contributed by atoms with Gasteiger partial charge in [-0.2, -0.15) is 0 Å². The second-order valence-electron chi connectivity index (χ2n) is 10.2. The monoisotopic (exact) mass is 352 g/mol. The first-order chi connectivity index (χ1) is 11.8. The van der Waals surface area contributed by atoms with Crippen molar-refractivity contribution < 1.29 is 0 Å². The van der Waals surface area contributed by atoms with Crippen LogP contribution in [0.4, 0.5) is 0 Å². The highest BCUT2D eigenvalue weighted by Gasteiger charge is 2.07. The summed E-state index contributed by atoms with van der Waals surface area (Å²) in [5.41, 5.74) is 0. The average Bonchev–Trinajstić information content (AvgIpc) is 2.51. The second kappa shape index (κ2) is 16.2. The van der Waals surface area contributed by atoms with Crippen molar-refractivity contribution in [3.05, 3.63) is 0 Å². The van der Waals surface area contributed by atoms with E-state index in [1.54, 1.807) is 0 Å². The van der Waals surface area contributed by atoms with Gasteiger partial charge in [-0.05, 0) is 29.6 Å². The van der Waals surface area contributed by atoms with Crippen LogP contribution in [0.3, 0.4) is 0 Å². The van der Waals surface area contributed by atoms with Crippen LogP contribution >= 0.6 is 0 Å². The van der Waals surface area contributed by atoms with Crippen LogP contribution in [0.25, 0.3) is 0 Å². The lowest BCUT2D eigenvalue weighted by Crippen LogP contribution is -2.01. The molecular formula is C25H52. The molecular weight excluding hydrogens is 300 g/mol. The Morgan fingerprint density at radius 1 is 0.320 bits per heavy atom. The molecule has 0 aliphatic rings. The zero-order valence-electron chi connectivity index (χ0n) is 19.1. The molecule has 0 radical (unpaired) electrons. The van der Waals surface area contributed by atoms with E-state index < -0.39 is 0 Å². The molecule has 0 aromatic heterocycles. The first-order valence-corrected chi connectivity index (χ1v) is 11.8. The molecule has 3 atom stereocenters. The fourth-order valence-corrected chi connectivity index (χ4v) is 3.98. The maximum Gasteiger partial charge on any atom is -0.0443 e. The summed E-state index contributed by atoms with van der Waals surface area (Å²) < 4.78 is 0. The van der Waals surface area contributed by atoms with Crippen molar-refractivity contribution in [2.75, 3.05) is 0 Å². The van der Waals surface area contributed by atoms with Gasteiger partial charge in [-0.25, -0.2) is 0 Å². The molecule has 0 fully saturated rings. The summed E-state index contributed by atoms with van der Waals surface area (Å²) in [7, 11) is 0. The maximum atomic E-state index is 2.48. The lowest BCUT2D eigenvalue weighted by atomic mass is 9.90. The summed E-state index contributed by atoms with van der Waals surface area (Å²) in [6, 6.07) is 0. The van der Waals surface area contributed by atoms with Gasteiger partial charge in [0.25, 0.3) is 0 Å². The maximum absolute atomic E-state index is 2.48. The molecule has 0 aliphatic carbocycles. The Labute approximate surface area is 161 Å². The molecule has 0 rings (SSSR count). The molecule has 0 amide bonds. The molecule has 0 heteroatoms. The third-order valence-corrected chi connectivity index (χ3v) is 5.99. The Kier molecular flexibility index (Phi) is 16.2. The highest BCUT2D eigenvalue weighted by Crippen LogP contribution is 2.23. The van der Waals surface area contributed by atoms with Gasteiger partial charge in [-0.15, -0.1) is 0 Å². The molecule has 0 aromatic carbocycles. The Bertz CT molecular complexity index is 265. The lowest BCUT2D eigenvalue weighted by molar-refractivity contribution is 0.375. The normalized spacial score (nSPS) is 15.7. The van der Waals surface area contributed by atoms with E-state index in [9.17, 15) is 0 Å². The van der Waals surface area contributed by atoms with Crippen molar-refractivity contribution in [3.63, 3.8) is 0 Å². The van der Waals surface area contributed by atoms with Gasteiger partial charge < -0.3 is 0 Å². The molecule has 0 aromatic rings. The van der Waals surface area contributed by atoms with Crippen molar-refractivity contribution >= 4 is 0 Å². The van der Waals surface area contributed by atoms with Gasteiger partial charge in [0.1, 0.15) is 0 Å². The molecule has 0 aliphatic heterocycles. The Morgan fingerprint density at radius 3 is 0.840 bits per heavy atom. The number of hydrogen-bond donors (Lipinski definition) is 0. The first kappa shape index (κ1) is 25.0. The smallest absolute Gasteiger partial charge is 0.0443 e. The van der Waals surface area contributed by atoms with Crippen LogP contribution < -0.4 is 0 Å². The predicted octanol–water partition coefficient (Wildman–Crippen LogP) is 9.28. The predicted molar refractivity (Wildman–Crippen MR) is 117 cm³/mol. The van der Waals surface area contributed by atoms with Gasteiger partial charge in [0.2, 0.25) is 0 Å². The van der Waals surface area contributed by atoms with E-state index in [2.05, 4.69) is 48.5 Å². The highest BCUT2D eigenvalue weighted by atomic mass is 14.1. The molecule has 0 heterocycles. The first-order valence-electron chi connectivity index (χ1n) is 11.8. The van der Waals surface area contributed by atoms with Gasteiger partial charge in [-0.3, -0.25) is 0 Å². The molecule has 0 unspecified atom stereocenters. The average molecular weight is 353 g/mol. The van der Waals surface area contributed by atoms with E-state index in [0.717, 1.165) is 29.6 Å². The minimum absolute atomic E-state index is 0.880. The lowest BCUT2D eigenvalue weighted by Gasteiger charge is -2.16. The zero-order valence-corrected chi connectivity index (χ0v) is 19.1. The summed E-state index contributed by atoms with van der Waals surface area (Å²) in [6.45, 7) is 16.8. The van der Waals surface area contributed by atoms with Gasteiger partial charge in [0, 0.05) is 0 Å². The van der Waals surface area contributed by atoms with Crippen LogP contribution in [0.2, 0.25) is 0 Å². The summed E-state index contributed by atoms with van der Waals surface area (Å²) in [5, 5.41) is 0. The van der Waals surface area contributed by atoms with Crippen molar-refractivity contribution in [1.82, 2.24) is 0 Å². The largest absolute Gasteiger partial charge is 0.0628 e. The SMILES string of the molecule is CC(C)CCC[C@@H](C)CCC[C@@H](C)CCCC[C@H](C)CCCC(C)C. The summed E-state index contributed by atoms with van der Waals surface area (Å²) in [5.74, 6) is 4.59. The fourth-order valence-electron chi connectivity index (χ4n) is 3.98. The quantitative estimate of drug-likeness (QED) is 0.229. The third kappa shape index (κ3) is 18.6. The Hall–Kier alpha value is 0. The molecule has 0 N–H and O–H groups in total. The number of unbranched alkanes of at least 4 members (excludes halogenated alkanes) is 1. The molecule has 0 saturated carbocycles. The van der Waals surface area contributed by atoms with Crippen molar-refractivity contribution in [1.29, 1.82) is 0 Å².